The molecule has 0 saturated carbocycles. The zero-order valence-electron chi connectivity index (χ0n) is 11.0. The highest BCUT2D eigenvalue weighted by Crippen LogP contribution is 2.24. The van der Waals surface area contributed by atoms with Gasteiger partial charge in [-0.2, -0.15) is 0 Å². The van der Waals surface area contributed by atoms with Crippen LogP contribution in [0.5, 0.6) is 5.75 Å². The first kappa shape index (κ1) is 12.7. The summed E-state index contributed by atoms with van der Waals surface area (Å²) in [5.74, 6) is 1.35. The average Bonchev–Trinajstić information content (AvgIpc) is 2.39. The van der Waals surface area contributed by atoms with Crippen LogP contribution in [0.2, 0.25) is 0 Å². The van der Waals surface area contributed by atoms with E-state index in [0.29, 0.717) is 17.0 Å². The summed E-state index contributed by atoms with van der Waals surface area (Å²) < 4.78 is 5.14. The Hall–Kier alpha value is -1.71. The van der Waals surface area contributed by atoms with E-state index in [2.05, 4.69) is 6.92 Å². The first-order valence-electron chi connectivity index (χ1n) is 6.34. The minimum absolute atomic E-state index is 0.0696. The Balaban J connectivity index is 2.13. The van der Waals surface area contributed by atoms with Crippen LogP contribution >= 0.6 is 0 Å². The van der Waals surface area contributed by atoms with Crippen LogP contribution < -0.4 is 10.5 Å². The molecule has 0 radical (unpaired) electrons. The van der Waals surface area contributed by atoms with E-state index < -0.39 is 0 Å². The molecule has 0 atom stereocenters. The number of amides is 1. The number of nitrogens with zero attached hydrogens (tertiary/aromatic N) is 1. The Morgan fingerprint density at radius 2 is 2.06 bits per heavy atom. The number of carbonyl (C=O) groups excluding carboxylic acids is 1. The van der Waals surface area contributed by atoms with Gasteiger partial charge in [0.15, 0.2) is 0 Å². The van der Waals surface area contributed by atoms with Gasteiger partial charge in [-0.3, -0.25) is 4.79 Å². The second kappa shape index (κ2) is 5.29. The van der Waals surface area contributed by atoms with Crippen LogP contribution in [-0.2, 0) is 0 Å². The summed E-state index contributed by atoms with van der Waals surface area (Å²) in [6.45, 7) is 3.91. The molecular formula is C14H20N2O2. The van der Waals surface area contributed by atoms with Crippen molar-refractivity contribution >= 4 is 11.6 Å². The minimum atomic E-state index is 0.0696. The Morgan fingerprint density at radius 1 is 1.39 bits per heavy atom. The largest absolute Gasteiger partial charge is 0.495 e. The number of benzene rings is 1. The van der Waals surface area contributed by atoms with E-state index >= 15 is 0 Å². The van der Waals surface area contributed by atoms with E-state index in [9.17, 15) is 4.79 Å². The van der Waals surface area contributed by atoms with Crippen LogP contribution in [0.1, 0.15) is 30.1 Å². The molecule has 0 bridgehead atoms. The van der Waals surface area contributed by atoms with Gasteiger partial charge in [-0.15, -0.1) is 0 Å². The number of hydrogen-bond donors (Lipinski definition) is 1. The van der Waals surface area contributed by atoms with Crippen LogP contribution in [0, 0.1) is 5.92 Å². The van der Waals surface area contributed by atoms with E-state index in [1.807, 2.05) is 4.90 Å². The maximum atomic E-state index is 12.3. The molecule has 4 heteroatoms. The third-order valence-electron chi connectivity index (χ3n) is 3.55. The molecule has 0 spiro atoms. The Labute approximate surface area is 108 Å². The van der Waals surface area contributed by atoms with Gasteiger partial charge >= 0.3 is 0 Å². The van der Waals surface area contributed by atoms with Gasteiger partial charge in [0, 0.05) is 18.7 Å². The molecule has 2 N–H and O–H groups in total. The third-order valence-corrected chi connectivity index (χ3v) is 3.55. The summed E-state index contributed by atoms with van der Waals surface area (Å²) in [4.78, 5) is 14.2. The van der Waals surface area contributed by atoms with Crippen molar-refractivity contribution in [3.8, 4) is 5.75 Å². The van der Waals surface area contributed by atoms with Crippen LogP contribution in [0.25, 0.3) is 0 Å². The van der Waals surface area contributed by atoms with Crippen molar-refractivity contribution < 1.29 is 9.53 Å². The lowest BCUT2D eigenvalue weighted by Gasteiger charge is -2.30. The normalized spacial score (nSPS) is 16.7. The molecule has 1 fully saturated rings. The van der Waals surface area contributed by atoms with Crippen molar-refractivity contribution in [2.75, 3.05) is 25.9 Å². The average molecular weight is 248 g/mol. The lowest BCUT2D eigenvalue weighted by molar-refractivity contribution is 0.0697. The molecule has 1 heterocycles. The smallest absolute Gasteiger partial charge is 0.253 e. The van der Waals surface area contributed by atoms with E-state index in [0.717, 1.165) is 31.8 Å². The Morgan fingerprint density at radius 3 is 2.67 bits per heavy atom. The SMILES string of the molecule is COc1cc(C(=O)N2CCC(C)CC2)ccc1N. The second-order valence-corrected chi connectivity index (χ2v) is 4.93. The van der Waals surface area contributed by atoms with Crippen LogP contribution in [-0.4, -0.2) is 31.0 Å². The van der Waals surface area contributed by atoms with E-state index in [4.69, 9.17) is 10.5 Å². The van der Waals surface area contributed by atoms with Crippen LogP contribution in [0.15, 0.2) is 18.2 Å². The topological polar surface area (TPSA) is 55.6 Å². The van der Waals surface area contributed by atoms with Crippen molar-refractivity contribution in [3.63, 3.8) is 0 Å². The first-order chi connectivity index (χ1) is 8.61. The van der Waals surface area contributed by atoms with Crippen molar-refractivity contribution in [1.82, 2.24) is 4.90 Å². The highest BCUT2D eigenvalue weighted by Gasteiger charge is 2.21. The first-order valence-corrected chi connectivity index (χ1v) is 6.34. The van der Waals surface area contributed by atoms with Crippen LogP contribution in [0.3, 0.4) is 0 Å². The number of ether oxygens (including phenoxy) is 1. The third kappa shape index (κ3) is 2.58. The number of hydrogen-bond acceptors (Lipinski definition) is 3. The standard InChI is InChI=1S/C14H20N2O2/c1-10-5-7-16(8-6-10)14(17)11-3-4-12(15)13(9-11)18-2/h3-4,9-10H,5-8,15H2,1-2H3. The lowest BCUT2D eigenvalue weighted by Crippen LogP contribution is -2.37. The zero-order chi connectivity index (χ0) is 13.1. The number of carbonyl (C=O) groups is 1. The van der Waals surface area contributed by atoms with Crippen molar-refractivity contribution in [2.45, 2.75) is 19.8 Å². The molecular weight excluding hydrogens is 228 g/mol. The molecule has 1 aliphatic rings. The minimum Gasteiger partial charge on any atom is -0.495 e. The predicted molar refractivity (Wildman–Crippen MR) is 71.7 cm³/mol. The fourth-order valence-electron chi connectivity index (χ4n) is 2.24. The monoisotopic (exact) mass is 248 g/mol. The maximum Gasteiger partial charge on any atom is 0.253 e. The van der Waals surface area contributed by atoms with Crippen LogP contribution in [0.4, 0.5) is 5.69 Å². The summed E-state index contributed by atoms with van der Waals surface area (Å²) in [6, 6.07) is 5.20. The molecule has 1 aliphatic heterocycles. The van der Waals surface area contributed by atoms with E-state index in [-0.39, 0.29) is 5.91 Å². The van der Waals surface area contributed by atoms with Crippen molar-refractivity contribution in [1.29, 1.82) is 0 Å². The van der Waals surface area contributed by atoms with E-state index in [1.54, 1.807) is 25.3 Å². The summed E-state index contributed by atoms with van der Waals surface area (Å²) in [6.07, 6.45) is 2.16. The number of rotatable bonds is 2. The van der Waals surface area contributed by atoms with Gasteiger partial charge < -0.3 is 15.4 Å². The van der Waals surface area contributed by atoms with Gasteiger partial charge in [0.05, 0.1) is 12.8 Å². The number of methoxy groups -OCH3 is 1. The Bertz CT molecular complexity index is 437. The zero-order valence-corrected chi connectivity index (χ0v) is 11.0. The summed E-state index contributed by atoms with van der Waals surface area (Å²) >= 11 is 0. The molecule has 1 saturated heterocycles. The van der Waals surface area contributed by atoms with Crippen molar-refractivity contribution in [3.05, 3.63) is 23.8 Å². The molecule has 1 amide bonds. The molecule has 1 aromatic carbocycles. The second-order valence-electron chi connectivity index (χ2n) is 4.93. The molecule has 2 rings (SSSR count). The Kier molecular flexibility index (Phi) is 3.75. The molecule has 1 aromatic rings. The lowest BCUT2D eigenvalue weighted by atomic mass is 9.98. The van der Waals surface area contributed by atoms with Gasteiger partial charge in [-0.1, -0.05) is 6.92 Å². The maximum absolute atomic E-state index is 12.3. The number of nitrogens with two attached hydrogens (primary N) is 1. The highest BCUT2D eigenvalue weighted by molar-refractivity contribution is 5.95. The molecule has 0 aliphatic carbocycles. The molecule has 4 nitrogen and oxygen atoms in total. The van der Waals surface area contributed by atoms with Gasteiger partial charge in [-0.25, -0.2) is 0 Å². The molecule has 0 unspecified atom stereocenters. The summed E-state index contributed by atoms with van der Waals surface area (Å²) in [7, 11) is 1.56. The van der Waals surface area contributed by atoms with Gasteiger partial charge in [0.2, 0.25) is 0 Å². The molecule has 98 valence electrons. The number of likely N-dealkylation sites (tertiary alicyclic amines) is 1. The number of piperidine rings is 1. The highest BCUT2D eigenvalue weighted by atomic mass is 16.5. The quantitative estimate of drug-likeness (QED) is 0.816. The molecule has 18 heavy (non-hydrogen) atoms. The number of anilines is 1. The fourth-order valence-corrected chi connectivity index (χ4v) is 2.24. The van der Waals surface area contributed by atoms with Gasteiger partial charge in [0.25, 0.3) is 5.91 Å². The molecule has 0 aromatic heterocycles. The van der Waals surface area contributed by atoms with Gasteiger partial charge in [0.1, 0.15) is 5.75 Å². The van der Waals surface area contributed by atoms with Crippen molar-refractivity contribution in [2.24, 2.45) is 5.92 Å². The van der Waals surface area contributed by atoms with E-state index in [1.165, 1.54) is 0 Å². The predicted octanol–water partition coefficient (Wildman–Crippen LogP) is 2.15. The summed E-state index contributed by atoms with van der Waals surface area (Å²) in [5.41, 5.74) is 6.95. The fraction of sp³-hybridized carbons (Fsp3) is 0.500. The number of nitrogen functional groups attached to an aromatic ring is 1. The summed E-state index contributed by atoms with van der Waals surface area (Å²) in [5, 5.41) is 0. The van der Waals surface area contributed by atoms with Gasteiger partial charge in [-0.05, 0) is 37.0 Å².